The third-order valence-corrected chi connectivity index (χ3v) is 9.29. The van der Waals surface area contributed by atoms with Crippen molar-refractivity contribution in [2.45, 2.75) is 69.9 Å². The summed E-state index contributed by atoms with van der Waals surface area (Å²) in [6, 6.07) is 19.4. The number of nitrogens with zero attached hydrogens (tertiary/aromatic N) is 2. The number of H-pyrrole nitrogens is 1. The second-order valence-electron chi connectivity index (χ2n) is 12.4. The highest BCUT2D eigenvalue weighted by molar-refractivity contribution is 6.02. The van der Waals surface area contributed by atoms with Crippen molar-refractivity contribution in [3.05, 3.63) is 76.1 Å². The topological polar surface area (TPSA) is 76.6 Å². The minimum absolute atomic E-state index is 0.149. The molecule has 2 saturated carbocycles. The van der Waals surface area contributed by atoms with E-state index in [1.54, 1.807) is 29.2 Å². The number of pyridine rings is 1. The predicted octanol–water partition coefficient (Wildman–Crippen LogP) is 5.31. The molecule has 7 rings (SSSR count). The van der Waals surface area contributed by atoms with Crippen LogP contribution in [-0.4, -0.2) is 57.5 Å². The molecule has 0 spiro atoms. The number of para-hydroxylation sites is 1. The molecule has 38 heavy (non-hydrogen) atoms. The van der Waals surface area contributed by atoms with Gasteiger partial charge in [0.25, 0.3) is 11.5 Å². The third-order valence-electron chi connectivity index (χ3n) is 9.29. The minimum Gasteiger partial charge on any atom is -0.506 e. The smallest absolute Gasteiger partial charge is 0.265 e. The number of carbonyl (C=O) groups is 1. The molecule has 1 aromatic heterocycles. The Hall–Kier alpha value is -3.12. The monoisotopic (exact) mass is 513 g/mol. The highest BCUT2D eigenvalue weighted by Crippen LogP contribution is 2.57. The largest absolute Gasteiger partial charge is 0.506 e. The summed E-state index contributed by atoms with van der Waals surface area (Å²) in [5, 5.41) is 11.4. The number of piperidine rings is 2. The van der Waals surface area contributed by atoms with Gasteiger partial charge in [-0.05, 0) is 73.5 Å². The summed E-state index contributed by atoms with van der Waals surface area (Å²) in [6.07, 6.45) is 7.25. The number of aromatic amines is 1. The fourth-order valence-electron chi connectivity index (χ4n) is 7.96. The van der Waals surface area contributed by atoms with E-state index >= 15 is 0 Å². The quantitative estimate of drug-likeness (QED) is 0.428. The fraction of sp³-hybridized carbons (Fsp3) is 0.500. The van der Waals surface area contributed by atoms with E-state index in [-0.39, 0.29) is 23.1 Å². The fourth-order valence-corrected chi connectivity index (χ4v) is 7.96. The normalized spacial score (nSPS) is 26.3. The highest BCUT2D eigenvalue weighted by Gasteiger charge is 2.54. The maximum absolute atomic E-state index is 13.6. The molecule has 2 N–H and O–H groups in total. The van der Waals surface area contributed by atoms with E-state index in [0.717, 1.165) is 18.9 Å². The molecule has 0 radical (unpaired) electrons. The highest BCUT2D eigenvalue weighted by atomic mass is 16.3. The van der Waals surface area contributed by atoms with E-state index < -0.39 is 5.56 Å². The number of amides is 1. The molecule has 6 heteroatoms. The van der Waals surface area contributed by atoms with Gasteiger partial charge in [-0.25, -0.2) is 0 Å². The van der Waals surface area contributed by atoms with E-state index in [0.29, 0.717) is 41.5 Å². The van der Waals surface area contributed by atoms with Gasteiger partial charge in [-0.1, -0.05) is 56.3 Å². The zero-order valence-corrected chi connectivity index (χ0v) is 22.5. The van der Waals surface area contributed by atoms with Gasteiger partial charge in [0, 0.05) is 37.1 Å². The third kappa shape index (κ3) is 4.43. The Labute approximate surface area is 224 Å². The van der Waals surface area contributed by atoms with Crippen molar-refractivity contribution in [3.8, 4) is 5.75 Å². The van der Waals surface area contributed by atoms with Crippen molar-refractivity contribution in [2.24, 2.45) is 11.8 Å². The lowest BCUT2D eigenvalue weighted by atomic mass is 9.53. The van der Waals surface area contributed by atoms with Crippen molar-refractivity contribution >= 4 is 16.8 Å². The van der Waals surface area contributed by atoms with Crippen LogP contribution in [0.2, 0.25) is 0 Å². The number of aromatic nitrogens is 1. The maximum atomic E-state index is 13.6. The van der Waals surface area contributed by atoms with Crippen LogP contribution in [0.1, 0.15) is 68.3 Å². The summed E-state index contributed by atoms with van der Waals surface area (Å²) >= 11 is 0. The first-order valence-electron chi connectivity index (χ1n) is 14.3. The zero-order valence-electron chi connectivity index (χ0n) is 22.5. The summed E-state index contributed by atoms with van der Waals surface area (Å²) in [4.78, 5) is 33.8. The van der Waals surface area contributed by atoms with E-state index in [1.807, 2.05) is 0 Å². The van der Waals surface area contributed by atoms with Crippen LogP contribution in [0.4, 0.5) is 0 Å². The van der Waals surface area contributed by atoms with Crippen molar-refractivity contribution in [2.75, 3.05) is 19.6 Å². The number of carbonyl (C=O) groups excluding carboxylic acids is 1. The SMILES string of the molecule is CC(C)CN(CCCN1C2CC3CC1CC(c1ccccc1)(C3)C2)C(=O)c1c(O)c2ccccc2[nH]c1=O. The molecule has 4 aliphatic rings. The molecule has 2 aliphatic heterocycles. The molecule has 6 nitrogen and oxygen atoms in total. The van der Waals surface area contributed by atoms with Crippen LogP contribution in [0.15, 0.2) is 59.4 Å². The number of benzene rings is 2. The number of hydrogen-bond donors (Lipinski definition) is 2. The number of hydrogen-bond acceptors (Lipinski definition) is 4. The lowest BCUT2D eigenvalue weighted by Gasteiger charge is -2.62. The molecule has 1 amide bonds. The van der Waals surface area contributed by atoms with E-state index in [9.17, 15) is 14.7 Å². The van der Waals surface area contributed by atoms with Crippen LogP contribution in [0.25, 0.3) is 10.9 Å². The Morgan fingerprint density at radius 1 is 1.05 bits per heavy atom. The molecule has 4 bridgehead atoms. The number of nitrogens with one attached hydrogen (secondary N) is 1. The molecule has 2 unspecified atom stereocenters. The van der Waals surface area contributed by atoms with Gasteiger partial charge < -0.3 is 15.0 Å². The van der Waals surface area contributed by atoms with Crippen LogP contribution in [0, 0.1) is 11.8 Å². The van der Waals surface area contributed by atoms with Crippen molar-refractivity contribution < 1.29 is 9.90 Å². The van der Waals surface area contributed by atoms with Gasteiger partial charge in [0.05, 0.1) is 5.52 Å². The van der Waals surface area contributed by atoms with Gasteiger partial charge >= 0.3 is 0 Å². The number of fused-ring (bicyclic) bond motifs is 1. The average Bonchev–Trinajstić information content (AvgIpc) is 2.89. The molecule has 2 aliphatic carbocycles. The van der Waals surface area contributed by atoms with Crippen LogP contribution in [-0.2, 0) is 5.41 Å². The van der Waals surface area contributed by atoms with Crippen molar-refractivity contribution in [1.29, 1.82) is 0 Å². The molecule has 200 valence electrons. The summed E-state index contributed by atoms with van der Waals surface area (Å²) in [7, 11) is 0. The van der Waals surface area contributed by atoms with E-state index in [2.05, 4.69) is 54.1 Å². The number of aromatic hydroxyl groups is 1. The second kappa shape index (κ2) is 9.88. The predicted molar refractivity (Wildman–Crippen MR) is 151 cm³/mol. The van der Waals surface area contributed by atoms with Gasteiger partial charge in [0.1, 0.15) is 11.3 Å². The Morgan fingerprint density at radius 3 is 2.45 bits per heavy atom. The van der Waals surface area contributed by atoms with Gasteiger partial charge in [-0.2, -0.15) is 0 Å². The molecule has 2 saturated heterocycles. The minimum atomic E-state index is -0.532. The lowest BCUT2D eigenvalue weighted by molar-refractivity contribution is -0.0756. The molecular formula is C32H39N3O3. The Morgan fingerprint density at radius 2 is 1.74 bits per heavy atom. The molecule has 3 aromatic rings. The van der Waals surface area contributed by atoms with Crippen molar-refractivity contribution in [3.63, 3.8) is 0 Å². The molecular weight excluding hydrogens is 474 g/mol. The first-order valence-corrected chi connectivity index (χ1v) is 14.3. The zero-order chi connectivity index (χ0) is 26.4. The summed E-state index contributed by atoms with van der Waals surface area (Å²) in [6.45, 7) is 6.25. The Kier molecular flexibility index (Phi) is 6.55. The lowest BCUT2D eigenvalue weighted by Crippen LogP contribution is -2.63. The van der Waals surface area contributed by atoms with Crippen molar-refractivity contribution in [1.82, 2.24) is 14.8 Å². The molecule has 2 atom stereocenters. The summed E-state index contributed by atoms with van der Waals surface area (Å²) in [5.74, 6) is 0.476. The first-order chi connectivity index (χ1) is 18.3. The summed E-state index contributed by atoms with van der Waals surface area (Å²) < 4.78 is 0. The van der Waals surface area contributed by atoms with E-state index in [4.69, 9.17) is 0 Å². The van der Waals surface area contributed by atoms with Crippen LogP contribution in [0.3, 0.4) is 0 Å². The Bertz CT molecular complexity index is 1370. The average molecular weight is 514 g/mol. The van der Waals surface area contributed by atoms with Gasteiger partial charge in [0.2, 0.25) is 0 Å². The van der Waals surface area contributed by atoms with E-state index in [1.165, 1.54) is 37.7 Å². The number of rotatable bonds is 8. The van der Waals surface area contributed by atoms with Gasteiger partial charge in [-0.15, -0.1) is 0 Å². The second-order valence-corrected chi connectivity index (χ2v) is 12.4. The van der Waals surface area contributed by atoms with Crippen LogP contribution < -0.4 is 5.56 Å². The molecule has 4 fully saturated rings. The summed E-state index contributed by atoms with van der Waals surface area (Å²) in [5.41, 5.74) is 1.71. The molecule has 3 heterocycles. The first kappa shape index (κ1) is 25.2. The maximum Gasteiger partial charge on any atom is 0.265 e. The molecule has 2 aromatic carbocycles. The van der Waals surface area contributed by atoms with Crippen LogP contribution in [0.5, 0.6) is 5.75 Å². The standard InChI is InChI=1S/C32H39N3O3/c1-21(2)20-34(31(38)28-29(36)26-11-6-7-12-27(26)33-30(28)37)13-8-14-35-24-15-22-16-25(35)19-32(17-22,18-24)23-9-4-3-5-10-23/h3-7,9-12,21-22,24-25H,8,13-20H2,1-2H3,(H2,33,36,37). The Balaban J connectivity index is 1.17. The van der Waals surface area contributed by atoms with Crippen LogP contribution >= 0.6 is 0 Å². The van der Waals surface area contributed by atoms with Gasteiger partial charge in [0.15, 0.2) is 0 Å². The van der Waals surface area contributed by atoms with Gasteiger partial charge in [-0.3, -0.25) is 14.5 Å².